The quantitative estimate of drug-likeness (QED) is 0.715. The number of nitrogens with one attached hydrogen (secondary N) is 2. The highest BCUT2D eigenvalue weighted by atomic mass is 16.1. The molecular formula is C16H15N3O. The minimum absolute atomic E-state index is 0.0104. The normalized spacial score (nSPS) is 10.7. The molecule has 0 aliphatic heterocycles. The van der Waals surface area contributed by atoms with Gasteiger partial charge in [0.05, 0.1) is 11.0 Å². The third-order valence-electron chi connectivity index (χ3n) is 3.28. The van der Waals surface area contributed by atoms with Gasteiger partial charge in [-0.3, -0.25) is 4.79 Å². The molecule has 0 amide bonds. The summed E-state index contributed by atoms with van der Waals surface area (Å²) in [5.74, 6) is 0.859. The number of hydrogen-bond donors (Lipinski definition) is 2. The van der Waals surface area contributed by atoms with E-state index in [4.69, 9.17) is 0 Å². The number of rotatable bonds is 3. The highest BCUT2D eigenvalue weighted by Gasteiger charge is 2.11. The molecule has 0 radical (unpaired) electrons. The van der Waals surface area contributed by atoms with E-state index in [1.165, 1.54) is 0 Å². The van der Waals surface area contributed by atoms with Crippen molar-refractivity contribution in [1.29, 1.82) is 0 Å². The van der Waals surface area contributed by atoms with Crippen LogP contribution < -0.4 is 5.32 Å². The Labute approximate surface area is 116 Å². The highest BCUT2D eigenvalue weighted by Crippen LogP contribution is 2.18. The Morgan fingerprint density at radius 1 is 1.15 bits per heavy atom. The summed E-state index contributed by atoms with van der Waals surface area (Å²) < 4.78 is 0. The number of aromatic nitrogens is 2. The van der Waals surface area contributed by atoms with Gasteiger partial charge in [0.15, 0.2) is 5.78 Å². The van der Waals surface area contributed by atoms with Gasteiger partial charge < -0.3 is 10.3 Å². The molecule has 0 aliphatic rings. The van der Waals surface area contributed by atoms with E-state index in [0.29, 0.717) is 11.1 Å². The van der Waals surface area contributed by atoms with Crippen molar-refractivity contribution in [3.63, 3.8) is 0 Å². The van der Waals surface area contributed by atoms with Gasteiger partial charge in [-0.25, -0.2) is 4.98 Å². The maximum absolute atomic E-state index is 12.5. The summed E-state index contributed by atoms with van der Waals surface area (Å²) in [5, 5.41) is 3.04. The van der Waals surface area contributed by atoms with Crippen LogP contribution >= 0.6 is 0 Å². The molecule has 2 N–H and O–H groups in total. The molecule has 0 saturated carbocycles. The number of aromatic amines is 1. The van der Waals surface area contributed by atoms with Crippen molar-refractivity contribution in [2.75, 3.05) is 12.4 Å². The Hall–Kier alpha value is -2.62. The number of H-pyrrole nitrogens is 1. The molecule has 20 heavy (non-hydrogen) atoms. The first-order valence-corrected chi connectivity index (χ1v) is 6.46. The average Bonchev–Trinajstić information content (AvgIpc) is 2.85. The van der Waals surface area contributed by atoms with Gasteiger partial charge in [0.25, 0.3) is 0 Å². The zero-order valence-corrected chi connectivity index (χ0v) is 11.4. The van der Waals surface area contributed by atoms with Gasteiger partial charge in [-0.05, 0) is 37.3 Å². The van der Waals surface area contributed by atoms with Crippen molar-refractivity contribution in [1.82, 2.24) is 9.97 Å². The first kappa shape index (κ1) is 12.4. The van der Waals surface area contributed by atoms with Crippen LogP contribution in [0.25, 0.3) is 11.0 Å². The Balaban J connectivity index is 2.02. The number of hydrogen-bond acceptors (Lipinski definition) is 3. The monoisotopic (exact) mass is 265 g/mol. The molecule has 0 fully saturated rings. The largest absolute Gasteiger partial charge is 0.388 e. The summed E-state index contributed by atoms with van der Waals surface area (Å²) in [4.78, 5) is 20.0. The molecule has 0 atom stereocenters. The lowest BCUT2D eigenvalue weighted by Gasteiger charge is -2.04. The van der Waals surface area contributed by atoms with Crippen LogP contribution in [0.4, 0.5) is 5.69 Å². The van der Waals surface area contributed by atoms with Gasteiger partial charge in [0.2, 0.25) is 0 Å². The second kappa shape index (κ2) is 4.81. The van der Waals surface area contributed by atoms with E-state index in [2.05, 4.69) is 15.3 Å². The van der Waals surface area contributed by atoms with Crippen LogP contribution in [0.2, 0.25) is 0 Å². The number of anilines is 1. The molecule has 1 aromatic heterocycles. The molecule has 0 unspecified atom stereocenters. The maximum Gasteiger partial charge on any atom is 0.193 e. The van der Waals surface area contributed by atoms with Gasteiger partial charge in [0, 0.05) is 23.9 Å². The predicted octanol–water partition coefficient (Wildman–Crippen LogP) is 3.14. The third kappa shape index (κ3) is 2.16. The molecule has 4 heteroatoms. The van der Waals surface area contributed by atoms with Crippen molar-refractivity contribution in [2.45, 2.75) is 6.92 Å². The molecule has 0 aliphatic carbocycles. The lowest BCUT2D eigenvalue weighted by atomic mass is 10.0. The second-order valence-corrected chi connectivity index (χ2v) is 4.71. The molecule has 3 rings (SSSR count). The summed E-state index contributed by atoms with van der Waals surface area (Å²) in [7, 11) is 1.84. The molecule has 0 bridgehead atoms. The van der Waals surface area contributed by atoms with Crippen LogP contribution in [0.5, 0.6) is 0 Å². The van der Waals surface area contributed by atoms with Crippen LogP contribution in [0.15, 0.2) is 42.5 Å². The highest BCUT2D eigenvalue weighted by molar-refractivity contribution is 6.10. The van der Waals surface area contributed by atoms with E-state index in [1.807, 2.05) is 56.4 Å². The average molecular weight is 265 g/mol. The van der Waals surface area contributed by atoms with E-state index in [1.54, 1.807) is 0 Å². The summed E-state index contributed by atoms with van der Waals surface area (Å²) in [6, 6.07) is 13.0. The SMILES string of the molecule is CNc1cccc(C(=O)c2ccc3nc(C)[nH]c3c2)c1. The fraction of sp³-hybridized carbons (Fsp3) is 0.125. The van der Waals surface area contributed by atoms with E-state index in [-0.39, 0.29) is 5.78 Å². The Morgan fingerprint density at radius 2 is 1.95 bits per heavy atom. The van der Waals surface area contributed by atoms with E-state index >= 15 is 0 Å². The van der Waals surface area contributed by atoms with Crippen molar-refractivity contribution in [2.24, 2.45) is 0 Å². The van der Waals surface area contributed by atoms with Gasteiger partial charge in [-0.15, -0.1) is 0 Å². The molecule has 0 saturated heterocycles. The van der Waals surface area contributed by atoms with Crippen molar-refractivity contribution < 1.29 is 4.79 Å². The second-order valence-electron chi connectivity index (χ2n) is 4.71. The van der Waals surface area contributed by atoms with E-state index in [9.17, 15) is 4.79 Å². The number of ketones is 1. The van der Waals surface area contributed by atoms with Gasteiger partial charge in [-0.1, -0.05) is 12.1 Å². The van der Waals surface area contributed by atoms with Gasteiger partial charge >= 0.3 is 0 Å². The van der Waals surface area contributed by atoms with Crippen LogP contribution in [0.1, 0.15) is 21.7 Å². The van der Waals surface area contributed by atoms with E-state index in [0.717, 1.165) is 22.5 Å². The van der Waals surface area contributed by atoms with Gasteiger partial charge in [-0.2, -0.15) is 0 Å². The van der Waals surface area contributed by atoms with Crippen molar-refractivity contribution >= 4 is 22.5 Å². The first-order valence-electron chi connectivity index (χ1n) is 6.46. The minimum Gasteiger partial charge on any atom is -0.388 e. The zero-order chi connectivity index (χ0) is 14.1. The molecule has 3 aromatic rings. The number of benzene rings is 2. The first-order chi connectivity index (χ1) is 9.67. The van der Waals surface area contributed by atoms with Crippen LogP contribution in [0, 0.1) is 6.92 Å². The Bertz CT molecular complexity index is 789. The number of nitrogens with zero attached hydrogens (tertiary/aromatic N) is 1. The van der Waals surface area contributed by atoms with E-state index < -0.39 is 0 Å². The Kier molecular flexibility index (Phi) is 2.99. The summed E-state index contributed by atoms with van der Waals surface area (Å²) in [5.41, 5.74) is 4.03. The smallest absolute Gasteiger partial charge is 0.193 e. The zero-order valence-electron chi connectivity index (χ0n) is 11.4. The summed E-state index contributed by atoms with van der Waals surface area (Å²) in [6.07, 6.45) is 0. The van der Waals surface area contributed by atoms with Crippen molar-refractivity contribution in [3.8, 4) is 0 Å². The Morgan fingerprint density at radius 3 is 2.75 bits per heavy atom. The number of aryl methyl sites for hydroxylation is 1. The topological polar surface area (TPSA) is 57.8 Å². The van der Waals surface area contributed by atoms with Crippen LogP contribution in [-0.2, 0) is 0 Å². The lowest BCUT2D eigenvalue weighted by Crippen LogP contribution is -2.02. The fourth-order valence-corrected chi connectivity index (χ4v) is 2.26. The predicted molar refractivity (Wildman–Crippen MR) is 80.3 cm³/mol. The van der Waals surface area contributed by atoms with Crippen LogP contribution in [0.3, 0.4) is 0 Å². The number of fused-ring (bicyclic) bond motifs is 1. The number of carbonyl (C=O) groups is 1. The van der Waals surface area contributed by atoms with Crippen LogP contribution in [-0.4, -0.2) is 22.8 Å². The molecule has 2 aromatic carbocycles. The molecule has 1 heterocycles. The molecule has 0 spiro atoms. The number of imidazole rings is 1. The lowest BCUT2D eigenvalue weighted by molar-refractivity contribution is 0.103. The maximum atomic E-state index is 12.5. The number of carbonyl (C=O) groups excluding carboxylic acids is 1. The minimum atomic E-state index is 0.0104. The molecule has 100 valence electrons. The summed E-state index contributed by atoms with van der Waals surface area (Å²) in [6.45, 7) is 1.90. The third-order valence-corrected chi connectivity index (χ3v) is 3.28. The molecule has 4 nitrogen and oxygen atoms in total. The summed E-state index contributed by atoms with van der Waals surface area (Å²) >= 11 is 0. The van der Waals surface area contributed by atoms with Crippen molar-refractivity contribution in [3.05, 3.63) is 59.4 Å². The fourth-order valence-electron chi connectivity index (χ4n) is 2.26. The van der Waals surface area contributed by atoms with Gasteiger partial charge in [0.1, 0.15) is 5.82 Å². The molecular weight excluding hydrogens is 250 g/mol. The standard InChI is InChI=1S/C16H15N3O/c1-10-18-14-7-6-12(9-15(14)19-10)16(20)11-4-3-5-13(8-11)17-2/h3-9,17H,1-2H3,(H,18,19).